The van der Waals surface area contributed by atoms with Crippen molar-refractivity contribution < 1.29 is 15.0 Å². The third-order valence-electron chi connectivity index (χ3n) is 7.18. The number of fused-ring (bicyclic) bond motifs is 1. The van der Waals surface area contributed by atoms with Gasteiger partial charge in [0.2, 0.25) is 0 Å². The predicted octanol–water partition coefficient (Wildman–Crippen LogP) is 5.90. The zero-order valence-corrected chi connectivity index (χ0v) is 26.8. The van der Waals surface area contributed by atoms with Crippen LogP contribution in [0.4, 0.5) is 5.82 Å². The van der Waals surface area contributed by atoms with E-state index in [1.54, 1.807) is 47.8 Å². The molecule has 2 aromatic carbocycles. The molecular weight excluding hydrogens is 578 g/mol. The van der Waals surface area contributed by atoms with Gasteiger partial charge in [0.25, 0.3) is 5.91 Å². The number of hydrogen-bond donors (Lipinski definition) is 3. The summed E-state index contributed by atoms with van der Waals surface area (Å²) < 4.78 is 3.70. The van der Waals surface area contributed by atoms with Crippen LogP contribution in [-0.2, 0) is 13.6 Å². The molecule has 10 nitrogen and oxygen atoms in total. The summed E-state index contributed by atoms with van der Waals surface area (Å²) in [5, 5.41) is 28.3. The van der Waals surface area contributed by atoms with E-state index in [1.807, 2.05) is 62.8 Å². The highest BCUT2D eigenvalue weighted by atomic mass is 35.5. The fourth-order valence-corrected chi connectivity index (χ4v) is 5.13. The fourth-order valence-electron chi connectivity index (χ4n) is 4.94. The number of rotatable bonds is 10. The van der Waals surface area contributed by atoms with E-state index in [2.05, 4.69) is 16.4 Å². The van der Waals surface area contributed by atoms with Gasteiger partial charge in [-0.1, -0.05) is 49.7 Å². The smallest absolute Gasteiger partial charge is 0.255 e. The van der Waals surface area contributed by atoms with Crippen molar-refractivity contribution in [2.75, 3.05) is 25.5 Å². The van der Waals surface area contributed by atoms with Crippen molar-refractivity contribution in [3.05, 3.63) is 88.5 Å². The van der Waals surface area contributed by atoms with Gasteiger partial charge in [0, 0.05) is 63.4 Å². The Labute approximate surface area is 263 Å². The van der Waals surface area contributed by atoms with E-state index in [1.165, 1.54) is 0 Å². The van der Waals surface area contributed by atoms with Crippen LogP contribution in [0.1, 0.15) is 60.6 Å². The van der Waals surface area contributed by atoms with Crippen LogP contribution in [0.2, 0.25) is 5.02 Å². The standard InChI is InChI=1S/C31H34ClN7O3.C2H6/c1-19-28(22-9-10-25(32)24(16-22)31(42)38(4)12-6-14-40)30-35-26(20(2)41)17-27(39(30)36-19)34-18-21-7-5-8-23(15-21)29-33-11-13-37(29)3;1-2/h5,7-11,13,15-17,20,34,40-41H,6,12,14,18H2,1-4H3;1-2H3. The highest BCUT2D eigenvalue weighted by Gasteiger charge is 2.21. The van der Waals surface area contributed by atoms with Crippen molar-refractivity contribution in [2.45, 2.75) is 46.8 Å². The lowest BCUT2D eigenvalue weighted by Gasteiger charge is -2.18. The minimum Gasteiger partial charge on any atom is -0.396 e. The zero-order valence-electron chi connectivity index (χ0n) is 26.0. The molecule has 232 valence electrons. The van der Waals surface area contributed by atoms with Crippen molar-refractivity contribution in [1.82, 2.24) is 29.0 Å². The van der Waals surface area contributed by atoms with Gasteiger partial charge in [-0.2, -0.15) is 9.61 Å². The molecule has 1 amide bonds. The maximum Gasteiger partial charge on any atom is 0.255 e. The first kappa shape index (κ1) is 32.7. The van der Waals surface area contributed by atoms with Gasteiger partial charge < -0.3 is 25.0 Å². The number of hydrogen-bond acceptors (Lipinski definition) is 7. The topological polar surface area (TPSA) is 121 Å². The maximum absolute atomic E-state index is 13.2. The predicted molar refractivity (Wildman–Crippen MR) is 175 cm³/mol. The average molecular weight is 618 g/mol. The largest absolute Gasteiger partial charge is 0.396 e. The van der Waals surface area contributed by atoms with E-state index in [9.17, 15) is 9.90 Å². The van der Waals surface area contributed by atoms with Gasteiger partial charge in [0.15, 0.2) is 5.65 Å². The number of aryl methyl sites for hydroxylation is 2. The molecule has 0 radical (unpaired) electrons. The van der Waals surface area contributed by atoms with E-state index in [4.69, 9.17) is 26.8 Å². The van der Waals surface area contributed by atoms with E-state index in [-0.39, 0.29) is 12.5 Å². The normalized spacial score (nSPS) is 11.7. The zero-order chi connectivity index (χ0) is 32.0. The second-order valence-corrected chi connectivity index (χ2v) is 10.8. The summed E-state index contributed by atoms with van der Waals surface area (Å²) in [4.78, 5) is 23.9. The lowest BCUT2D eigenvalue weighted by atomic mass is 10.0. The number of benzene rings is 2. The first-order valence-corrected chi connectivity index (χ1v) is 15.1. The van der Waals surface area contributed by atoms with E-state index >= 15 is 0 Å². The monoisotopic (exact) mass is 617 g/mol. The van der Waals surface area contributed by atoms with Gasteiger partial charge in [0.1, 0.15) is 11.6 Å². The molecule has 0 aliphatic rings. The molecule has 3 N–H and O–H groups in total. The number of amides is 1. The van der Waals surface area contributed by atoms with Crippen LogP contribution < -0.4 is 5.32 Å². The number of carbonyl (C=O) groups excluding carboxylic acids is 1. The van der Waals surface area contributed by atoms with Gasteiger partial charge in [-0.15, -0.1) is 0 Å². The summed E-state index contributed by atoms with van der Waals surface area (Å²) in [6, 6.07) is 15.2. The maximum atomic E-state index is 13.2. The lowest BCUT2D eigenvalue weighted by Crippen LogP contribution is -2.28. The molecular formula is C33H40ClN7O3. The van der Waals surface area contributed by atoms with Crippen LogP contribution in [0.25, 0.3) is 28.2 Å². The Bertz CT molecular complexity index is 1750. The summed E-state index contributed by atoms with van der Waals surface area (Å²) >= 11 is 6.45. The molecule has 0 aliphatic heterocycles. The van der Waals surface area contributed by atoms with Gasteiger partial charge in [0.05, 0.1) is 28.1 Å². The van der Waals surface area contributed by atoms with Crippen LogP contribution in [0, 0.1) is 6.92 Å². The highest BCUT2D eigenvalue weighted by Crippen LogP contribution is 2.33. The molecule has 0 spiro atoms. The summed E-state index contributed by atoms with van der Waals surface area (Å²) in [7, 11) is 3.65. The molecule has 1 unspecified atom stereocenters. The second-order valence-electron chi connectivity index (χ2n) is 10.4. The first-order valence-electron chi connectivity index (χ1n) is 14.7. The van der Waals surface area contributed by atoms with Gasteiger partial charge in [-0.3, -0.25) is 4.79 Å². The summed E-state index contributed by atoms with van der Waals surface area (Å²) in [6.45, 7) is 8.46. The first-order chi connectivity index (χ1) is 21.2. The van der Waals surface area contributed by atoms with Gasteiger partial charge in [-0.05, 0) is 49.6 Å². The van der Waals surface area contributed by atoms with Crippen molar-refractivity contribution in [3.63, 3.8) is 0 Å². The van der Waals surface area contributed by atoms with Crippen molar-refractivity contribution in [3.8, 4) is 22.5 Å². The van der Waals surface area contributed by atoms with Crippen LogP contribution in [-0.4, -0.2) is 65.4 Å². The van der Waals surface area contributed by atoms with E-state index in [0.29, 0.717) is 52.9 Å². The Morgan fingerprint density at radius 3 is 2.59 bits per heavy atom. The number of anilines is 1. The molecule has 0 saturated carbocycles. The highest BCUT2D eigenvalue weighted by molar-refractivity contribution is 6.34. The number of halogens is 1. The van der Waals surface area contributed by atoms with E-state index in [0.717, 1.165) is 28.1 Å². The molecule has 44 heavy (non-hydrogen) atoms. The summed E-state index contributed by atoms with van der Waals surface area (Å²) in [6.07, 6.45) is 3.35. The van der Waals surface area contributed by atoms with Crippen LogP contribution >= 0.6 is 11.6 Å². The Balaban J connectivity index is 0.00000216. The molecule has 5 aromatic rings. The van der Waals surface area contributed by atoms with Crippen LogP contribution in [0.3, 0.4) is 0 Å². The quantitative estimate of drug-likeness (QED) is 0.178. The number of nitrogens with zero attached hydrogens (tertiary/aromatic N) is 6. The SMILES string of the molecule is CC.Cc1nn2c(NCc3cccc(-c4nccn4C)c3)cc(C(C)O)nc2c1-c1ccc(Cl)c(C(=O)N(C)CCCO)c1. The molecule has 0 saturated heterocycles. The van der Waals surface area contributed by atoms with Crippen molar-refractivity contribution >= 4 is 29.0 Å². The average Bonchev–Trinajstić information content (AvgIpc) is 3.61. The third kappa shape index (κ3) is 6.93. The molecule has 0 aliphatic carbocycles. The molecule has 3 aromatic heterocycles. The van der Waals surface area contributed by atoms with Crippen molar-refractivity contribution in [1.29, 1.82) is 0 Å². The molecule has 0 bridgehead atoms. The molecule has 5 rings (SSSR count). The number of nitrogens with one attached hydrogen (secondary N) is 1. The third-order valence-corrected chi connectivity index (χ3v) is 7.51. The Kier molecular flexibility index (Phi) is 10.7. The Morgan fingerprint density at radius 2 is 1.91 bits per heavy atom. The lowest BCUT2D eigenvalue weighted by molar-refractivity contribution is 0.0786. The fraction of sp³-hybridized carbons (Fsp3) is 0.333. The van der Waals surface area contributed by atoms with Crippen LogP contribution in [0.15, 0.2) is 60.9 Å². The summed E-state index contributed by atoms with van der Waals surface area (Å²) in [5.41, 5.74) is 5.63. The minimum absolute atomic E-state index is 0.00378. The van der Waals surface area contributed by atoms with Crippen molar-refractivity contribution in [2.24, 2.45) is 7.05 Å². The molecule has 0 fully saturated rings. The van der Waals surface area contributed by atoms with Gasteiger partial charge >= 0.3 is 0 Å². The molecule has 11 heteroatoms. The molecule has 3 heterocycles. The van der Waals surface area contributed by atoms with Gasteiger partial charge in [-0.25, -0.2) is 9.97 Å². The number of aliphatic hydroxyl groups excluding tert-OH is 2. The number of aliphatic hydroxyl groups is 2. The summed E-state index contributed by atoms with van der Waals surface area (Å²) in [5.74, 6) is 1.31. The number of carbonyl (C=O) groups is 1. The minimum atomic E-state index is -0.812. The second kappa shape index (κ2) is 14.5. The molecule has 1 atom stereocenters. The Hall–Kier alpha value is -4.25. The number of aromatic nitrogens is 5. The van der Waals surface area contributed by atoms with Crippen LogP contribution in [0.5, 0.6) is 0 Å². The van der Waals surface area contributed by atoms with E-state index < -0.39 is 6.10 Å². The Morgan fingerprint density at radius 1 is 1.14 bits per heavy atom. The number of imidazole rings is 1.